The molecule has 1 unspecified atom stereocenters. The van der Waals surface area contributed by atoms with Crippen molar-refractivity contribution >= 4 is 0 Å². The number of likely N-dealkylation sites (tertiary alicyclic amines) is 1. The van der Waals surface area contributed by atoms with Gasteiger partial charge in [-0.1, -0.05) is 13.3 Å². The molecule has 0 saturated carbocycles. The molecule has 0 spiro atoms. The summed E-state index contributed by atoms with van der Waals surface area (Å²) in [7, 11) is 0. The van der Waals surface area contributed by atoms with Gasteiger partial charge >= 0.3 is 0 Å². The van der Waals surface area contributed by atoms with Crippen molar-refractivity contribution in [1.29, 1.82) is 0 Å². The minimum Gasteiger partial charge on any atom is -0.317 e. The zero-order chi connectivity index (χ0) is 12.3. The highest BCUT2D eigenvalue weighted by molar-refractivity contribution is 4.90. The van der Waals surface area contributed by atoms with Crippen LogP contribution in [0.3, 0.4) is 0 Å². The van der Waals surface area contributed by atoms with E-state index in [1.54, 1.807) is 0 Å². The average Bonchev–Trinajstić information content (AvgIpc) is 2.33. The van der Waals surface area contributed by atoms with E-state index in [1.807, 2.05) is 0 Å². The van der Waals surface area contributed by atoms with E-state index in [1.165, 1.54) is 58.3 Å². The lowest BCUT2D eigenvalue weighted by Gasteiger charge is -2.47. The Kier molecular flexibility index (Phi) is 4.48. The van der Waals surface area contributed by atoms with E-state index in [-0.39, 0.29) is 0 Å². The minimum absolute atomic E-state index is 0.434. The molecule has 0 aromatic rings. The van der Waals surface area contributed by atoms with Crippen LogP contribution in [0.1, 0.15) is 52.9 Å². The van der Waals surface area contributed by atoms with E-state index in [0.29, 0.717) is 5.54 Å². The standard InChI is InChI=1S/C15H30N2/c1-4-13-7-10-17(15(2,3)11-13)12-14-5-8-16-9-6-14/h13-14,16H,4-12H2,1-3H3. The first-order chi connectivity index (χ1) is 8.12. The summed E-state index contributed by atoms with van der Waals surface area (Å²) in [6.07, 6.45) is 6.94. The predicted octanol–water partition coefficient (Wildman–Crippen LogP) is 2.89. The van der Waals surface area contributed by atoms with Gasteiger partial charge in [0.1, 0.15) is 0 Å². The molecule has 2 aliphatic heterocycles. The number of piperidine rings is 2. The van der Waals surface area contributed by atoms with Crippen LogP contribution >= 0.6 is 0 Å². The van der Waals surface area contributed by atoms with Crippen molar-refractivity contribution in [1.82, 2.24) is 10.2 Å². The van der Waals surface area contributed by atoms with Crippen molar-refractivity contribution in [2.75, 3.05) is 26.2 Å². The summed E-state index contributed by atoms with van der Waals surface area (Å²) >= 11 is 0. The summed E-state index contributed by atoms with van der Waals surface area (Å²) in [4.78, 5) is 2.77. The van der Waals surface area contributed by atoms with Crippen LogP contribution in [0.15, 0.2) is 0 Å². The molecule has 1 N–H and O–H groups in total. The van der Waals surface area contributed by atoms with Gasteiger partial charge in [-0.25, -0.2) is 0 Å². The lowest BCUT2D eigenvalue weighted by atomic mass is 9.80. The smallest absolute Gasteiger partial charge is 0.0156 e. The SMILES string of the molecule is CCC1CCN(CC2CCNCC2)C(C)(C)C1. The second-order valence-electron chi connectivity index (χ2n) is 6.72. The van der Waals surface area contributed by atoms with Crippen LogP contribution in [0.5, 0.6) is 0 Å². The summed E-state index contributed by atoms with van der Waals surface area (Å²) in [5.41, 5.74) is 0.434. The second-order valence-corrected chi connectivity index (χ2v) is 6.72. The normalized spacial score (nSPS) is 31.6. The summed E-state index contributed by atoms with van der Waals surface area (Å²) < 4.78 is 0. The Morgan fingerprint density at radius 1 is 1.12 bits per heavy atom. The fourth-order valence-electron chi connectivity index (χ4n) is 3.64. The zero-order valence-electron chi connectivity index (χ0n) is 12.0. The van der Waals surface area contributed by atoms with Crippen molar-refractivity contribution in [2.24, 2.45) is 11.8 Å². The van der Waals surface area contributed by atoms with Crippen LogP contribution in [-0.2, 0) is 0 Å². The third-order valence-corrected chi connectivity index (χ3v) is 4.97. The fraction of sp³-hybridized carbons (Fsp3) is 1.00. The van der Waals surface area contributed by atoms with E-state index in [2.05, 4.69) is 31.0 Å². The summed E-state index contributed by atoms with van der Waals surface area (Å²) in [5, 5.41) is 3.47. The molecular weight excluding hydrogens is 208 g/mol. The molecule has 17 heavy (non-hydrogen) atoms. The molecule has 1 atom stereocenters. The number of hydrogen-bond donors (Lipinski definition) is 1. The number of rotatable bonds is 3. The molecule has 0 aromatic heterocycles. The second kappa shape index (κ2) is 5.71. The quantitative estimate of drug-likeness (QED) is 0.813. The van der Waals surface area contributed by atoms with Crippen molar-refractivity contribution in [2.45, 2.75) is 58.4 Å². The molecule has 0 aliphatic carbocycles. The third-order valence-electron chi connectivity index (χ3n) is 4.97. The maximum Gasteiger partial charge on any atom is 0.0156 e. The number of nitrogens with one attached hydrogen (secondary N) is 1. The van der Waals surface area contributed by atoms with Gasteiger partial charge in [-0.2, -0.15) is 0 Å². The molecule has 2 aliphatic rings. The maximum absolute atomic E-state index is 3.47. The van der Waals surface area contributed by atoms with Gasteiger partial charge in [-0.3, -0.25) is 4.90 Å². The summed E-state index contributed by atoms with van der Waals surface area (Å²) in [5.74, 6) is 1.91. The van der Waals surface area contributed by atoms with Crippen LogP contribution in [0, 0.1) is 11.8 Å². The van der Waals surface area contributed by atoms with Crippen LogP contribution in [0.2, 0.25) is 0 Å². The molecule has 2 heteroatoms. The lowest BCUT2D eigenvalue weighted by Crippen LogP contribution is -2.52. The summed E-state index contributed by atoms with van der Waals surface area (Å²) in [6, 6.07) is 0. The topological polar surface area (TPSA) is 15.3 Å². The number of nitrogens with zero attached hydrogens (tertiary/aromatic N) is 1. The molecule has 0 radical (unpaired) electrons. The lowest BCUT2D eigenvalue weighted by molar-refractivity contribution is 0.0279. The van der Waals surface area contributed by atoms with E-state index in [0.717, 1.165) is 11.8 Å². The Morgan fingerprint density at radius 3 is 2.41 bits per heavy atom. The summed E-state index contributed by atoms with van der Waals surface area (Å²) in [6.45, 7) is 12.4. The van der Waals surface area contributed by atoms with Crippen molar-refractivity contribution in [3.05, 3.63) is 0 Å². The van der Waals surface area contributed by atoms with Gasteiger partial charge in [0.05, 0.1) is 0 Å². The van der Waals surface area contributed by atoms with E-state index < -0.39 is 0 Å². The van der Waals surface area contributed by atoms with Crippen molar-refractivity contribution in [3.8, 4) is 0 Å². The maximum atomic E-state index is 3.47. The van der Waals surface area contributed by atoms with Crippen molar-refractivity contribution in [3.63, 3.8) is 0 Å². The highest BCUT2D eigenvalue weighted by Crippen LogP contribution is 2.34. The number of hydrogen-bond acceptors (Lipinski definition) is 2. The Morgan fingerprint density at radius 2 is 1.82 bits per heavy atom. The van der Waals surface area contributed by atoms with E-state index in [4.69, 9.17) is 0 Å². The van der Waals surface area contributed by atoms with Gasteiger partial charge in [0.2, 0.25) is 0 Å². The predicted molar refractivity (Wildman–Crippen MR) is 74.3 cm³/mol. The van der Waals surface area contributed by atoms with Gasteiger partial charge in [-0.15, -0.1) is 0 Å². The molecule has 2 heterocycles. The zero-order valence-corrected chi connectivity index (χ0v) is 12.0. The van der Waals surface area contributed by atoms with Gasteiger partial charge in [0.25, 0.3) is 0 Å². The Bertz CT molecular complexity index is 231. The van der Waals surface area contributed by atoms with Gasteiger partial charge in [0.15, 0.2) is 0 Å². The molecule has 2 saturated heterocycles. The highest BCUT2D eigenvalue weighted by atomic mass is 15.2. The first-order valence-electron chi connectivity index (χ1n) is 7.57. The van der Waals surface area contributed by atoms with Gasteiger partial charge in [-0.05, 0) is 71.0 Å². The monoisotopic (exact) mass is 238 g/mol. The molecule has 2 nitrogen and oxygen atoms in total. The van der Waals surface area contributed by atoms with Crippen molar-refractivity contribution < 1.29 is 0 Å². The van der Waals surface area contributed by atoms with E-state index >= 15 is 0 Å². The largest absolute Gasteiger partial charge is 0.317 e. The molecule has 0 amide bonds. The van der Waals surface area contributed by atoms with Crippen LogP contribution in [-0.4, -0.2) is 36.6 Å². The Hall–Kier alpha value is -0.0800. The van der Waals surface area contributed by atoms with E-state index in [9.17, 15) is 0 Å². The molecule has 2 fully saturated rings. The third kappa shape index (κ3) is 3.45. The van der Waals surface area contributed by atoms with Crippen LogP contribution in [0.4, 0.5) is 0 Å². The Balaban J connectivity index is 1.87. The van der Waals surface area contributed by atoms with Gasteiger partial charge < -0.3 is 5.32 Å². The molecule has 0 aromatic carbocycles. The molecule has 2 rings (SSSR count). The first kappa shape index (κ1) is 13.4. The Labute approximate surface area is 107 Å². The average molecular weight is 238 g/mol. The molecule has 100 valence electrons. The highest BCUT2D eigenvalue weighted by Gasteiger charge is 2.34. The van der Waals surface area contributed by atoms with Crippen LogP contribution < -0.4 is 5.32 Å². The fourth-order valence-corrected chi connectivity index (χ4v) is 3.64. The molecule has 0 bridgehead atoms. The minimum atomic E-state index is 0.434. The first-order valence-corrected chi connectivity index (χ1v) is 7.57. The van der Waals surface area contributed by atoms with Gasteiger partial charge in [0, 0.05) is 12.1 Å². The van der Waals surface area contributed by atoms with Crippen LogP contribution in [0.25, 0.3) is 0 Å². The molecular formula is C15H30N2.